The van der Waals surface area contributed by atoms with Gasteiger partial charge in [0.1, 0.15) is 39.7 Å². The zero-order chi connectivity index (χ0) is 31.8. The number of rotatable bonds is 10. The monoisotopic (exact) mass is 634 g/mol. The van der Waals surface area contributed by atoms with Crippen LogP contribution in [-0.2, 0) is 14.8 Å². The van der Waals surface area contributed by atoms with Crippen LogP contribution in [0.15, 0.2) is 41.4 Å². The minimum absolute atomic E-state index is 0.0610. The topological polar surface area (TPSA) is 124 Å². The summed E-state index contributed by atoms with van der Waals surface area (Å²) in [6, 6.07) is 3.48. The van der Waals surface area contributed by atoms with Gasteiger partial charge in [0.2, 0.25) is 0 Å². The van der Waals surface area contributed by atoms with Gasteiger partial charge in [0.25, 0.3) is 10.0 Å². The number of nitrogens with one attached hydrogen (secondary N) is 2. The fourth-order valence-electron chi connectivity index (χ4n) is 5.75. The van der Waals surface area contributed by atoms with Crippen molar-refractivity contribution in [2.45, 2.75) is 62.4 Å². The molecule has 2 heterocycles. The van der Waals surface area contributed by atoms with E-state index < -0.39 is 43.9 Å². The Bertz CT molecular complexity index is 1790. The van der Waals surface area contributed by atoms with Crippen LogP contribution < -0.4 is 15.8 Å². The third-order valence-corrected chi connectivity index (χ3v) is 9.32. The number of sulfonamides is 1. The molecule has 0 aliphatic heterocycles. The highest BCUT2D eigenvalue weighted by Crippen LogP contribution is 2.42. The summed E-state index contributed by atoms with van der Waals surface area (Å²) in [4.78, 5) is 3.49. The lowest BCUT2D eigenvalue weighted by Crippen LogP contribution is -2.34. The van der Waals surface area contributed by atoms with Crippen LogP contribution in [0, 0.1) is 23.3 Å². The van der Waals surface area contributed by atoms with E-state index in [4.69, 9.17) is 10.5 Å². The predicted molar refractivity (Wildman–Crippen MR) is 160 cm³/mol. The number of nitrogens with zero attached hydrogens (tertiary/aromatic N) is 3. The molecule has 1 saturated carbocycles. The number of hydrogen-bond acceptors (Lipinski definition) is 7. The van der Waals surface area contributed by atoms with Gasteiger partial charge in [-0.3, -0.25) is 9.40 Å². The van der Waals surface area contributed by atoms with Crippen molar-refractivity contribution in [2.75, 3.05) is 30.7 Å². The number of methoxy groups -OCH3 is 1. The minimum Gasteiger partial charge on any atom is -0.383 e. The quantitative estimate of drug-likeness (QED) is 0.147. The number of nitrogen functional groups attached to an aromatic ring is 1. The Balaban J connectivity index is 1.52. The summed E-state index contributed by atoms with van der Waals surface area (Å²) < 4.78 is 92.6. The first-order chi connectivity index (χ1) is 20.9. The van der Waals surface area contributed by atoms with Crippen LogP contribution >= 0.6 is 0 Å². The van der Waals surface area contributed by atoms with Gasteiger partial charge in [-0.25, -0.2) is 31.0 Å². The van der Waals surface area contributed by atoms with Crippen molar-refractivity contribution in [3.05, 3.63) is 65.4 Å². The van der Waals surface area contributed by atoms with Gasteiger partial charge in [-0.2, -0.15) is 5.10 Å². The Morgan fingerprint density at radius 1 is 1.05 bits per heavy atom. The van der Waals surface area contributed by atoms with Crippen LogP contribution in [0.5, 0.6) is 0 Å². The summed E-state index contributed by atoms with van der Waals surface area (Å²) in [5, 5.41) is 8.53. The Morgan fingerprint density at radius 2 is 1.77 bits per heavy atom. The van der Waals surface area contributed by atoms with Gasteiger partial charge in [0.05, 0.1) is 23.2 Å². The van der Waals surface area contributed by atoms with Crippen LogP contribution in [0.3, 0.4) is 0 Å². The Labute approximate surface area is 252 Å². The van der Waals surface area contributed by atoms with Gasteiger partial charge in [0.15, 0.2) is 0 Å². The first kappa shape index (κ1) is 31.7. The molecule has 14 heteroatoms. The molecule has 1 fully saturated rings. The lowest BCUT2D eigenvalue weighted by Gasteiger charge is -2.30. The van der Waals surface area contributed by atoms with E-state index in [9.17, 15) is 17.2 Å². The smallest absolute Gasteiger partial charge is 0.264 e. The van der Waals surface area contributed by atoms with Gasteiger partial charge >= 0.3 is 0 Å². The molecule has 9 nitrogen and oxygen atoms in total. The zero-order valence-corrected chi connectivity index (χ0v) is 25.3. The predicted octanol–water partition coefficient (Wildman–Crippen LogP) is 5.88. The molecule has 4 aromatic rings. The van der Waals surface area contributed by atoms with Crippen molar-refractivity contribution < 1.29 is 30.7 Å². The second-order valence-corrected chi connectivity index (χ2v) is 12.8. The molecule has 0 bridgehead atoms. The maximum absolute atomic E-state index is 15.7. The second kappa shape index (κ2) is 12.7. The first-order valence-corrected chi connectivity index (χ1v) is 15.8. The fourth-order valence-corrected chi connectivity index (χ4v) is 6.87. The number of pyridine rings is 1. The molecule has 2 aromatic heterocycles. The molecular formula is C30H34F4N6O3S. The standard InChI is InChI=1S/C30H34F4N6O3S/c1-16(2)40-29-21(17-4-7-19(8-5-17)36-10-11-43-3)15-37-30(35)27(29)28(38-40)20-13-23(33)25(14-22(20)32)39-44(41,42)26-9-6-18(31)12-24(26)34/h6,9,12-17,19,36,39H,4-5,7-8,10-11H2,1-3H3,(H2,35,37)/t17-,19-. The maximum Gasteiger partial charge on any atom is 0.264 e. The molecule has 4 N–H and O–H groups in total. The van der Waals surface area contributed by atoms with Gasteiger partial charge in [-0.15, -0.1) is 0 Å². The molecule has 0 unspecified atom stereocenters. The summed E-state index contributed by atoms with van der Waals surface area (Å²) in [5.41, 5.74) is 6.99. The number of benzene rings is 2. The van der Waals surface area contributed by atoms with Crippen molar-refractivity contribution in [3.63, 3.8) is 0 Å². The van der Waals surface area contributed by atoms with Crippen LogP contribution in [0.4, 0.5) is 29.1 Å². The van der Waals surface area contributed by atoms with E-state index in [1.807, 2.05) is 18.6 Å². The SMILES string of the molecule is COCCN[C@H]1CC[C@H](c2cnc(N)c3c(-c4cc(F)c(NS(=O)(=O)c5ccc(F)cc5F)cc4F)nn(C(C)C)c32)CC1. The molecule has 0 spiro atoms. The van der Waals surface area contributed by atoms with Crippen molar-refractivity contribution in [1.82, 2.24) is 20.1 Å². The van der Waals surface area contributed by atoms with Crippen molar-refractivity contribution >= 4 is 32.4 Å². The van der Waals surface area contributed by atoms with Crippen LogP contribution in [0.2, 0.25) is 0 Å². The minimum atomic E-state index is -4.71. The number of anilines is 2. The van der Waals surface area contributed by atoms with Crippen molar-refractivity contribution in [2.24, 2.45) is 0 Å². The molecule has 5 rings (SSSR count). The molecule has 0 radical (unpaired) electrons. The van der Waals surface area contributed by atoms with E-state index in [1.54, 1.807) is 18.0 Å². The molecule has 44 heavy (non-hydrogen) atoms. The number of hydrogen-bond donors (Lipinski definition) is 3. The Hall–Kier alpha value is -3.75. The summed E-state index contributed by atoms with van der Waals surface area (Å²) in [6.45, 7) is 5.23. The number of halogens is 4. The van der Waals surface area contributed by atoms with E-state index in [0.29, 0.717) is 41.8 Å². The molecule has 2 aromatic carbocycles. The number of nitrogens with two attached hydrogens (primary N) is 1. The van der Waals surface area contributed by atoms with E-state index in [0.717, 1.165) is 49.9 Å². The van der Waals surface area contributed by atoms with Crippen molar-refractivity contribution in [1.29, 1.82) is 0 Å². The normalized spacial score (nSPS) is 17.5. The van der Waals surface area contributed by atoms with Gasteiger partial charge < -0.3 is 15.8 Å². The molecular weight excluding hydrogens is 600 g/mol. The summed E-state index contributed by atoms with van der Waals surface area (Å²) >= 11 is 0. The largest absolute Gasteiger partial charge is 0.383 e. The lowest BCUT2D eigenvalue weighted by molar-refractivity contribution is 0.191. The number of fused-ring (bicyclic) bond motifs is 1. The van der Waals surface area contributed by atoms with Gasteiger partial charge in [-0.05, 0) is 69.2 Å². The maximum atomic E-state index is 15.7. The van der Waals surface area contributed by atoms with Gasteiger partial charge in [-0.1, -0.05) is 0 Å². The highest BCUT2D eigenvalue weighted by molar-refractivity contribution is 7.92. The molecule has 0 amide bonds. The average molecular weight is 635 g/mol. The van der Waals surface area contributed by atoms with Crippen LogP contribution in [-0.4, -0.2) is 49.5 Å². The zero-order valence-electron chi connectivity index (χ0n) is 24.5. The molecule has 236 valence electrons. The highest BCUT2D eigenvalue weighted by Gasteiger charge is 2.30. The van der Waals surface area contributed by atoms with Crippen LogP contribution in [0.1, 0.15) is 57.1 Å². The third-order valence-electron chi connectivity index (χ3n) is 7.92. The van der Waals surface area contributed by atoms with E-state index in [1.165, 1.54) is 0 Å². The summed E-state index contributed by atoms with van der Waals surface area (Å²) in [7, 11) is -3.05. The Morgan fingerprint density at radius 3 is 2.43 bits per heavy atom. The van der Waals surface area contributed by atoms with E-state index in [-0.39, 0.29) is 29.0 Å². The Kier molecular flexibility index (Phi) is 9.14. The van der Waals surface area contributed by atoms with E-state index >= 15 is 8.78 Å². The summed E-state index contributed by atoms with van der Waals surface area (Å²) in [6.07, 6.45) is 5.39. The van der Waals surface area contributed by atoms with E-state index in [2.05, 4.69) is 15.4 Å². The molecule has 0 saturated heterocycles. The first-order valence-electron chi connectivity index (χ1n) is 14.3. The van der Waals surface area contributed by atoms with Crippen LogP contribution in [0.25, 0.3) is 22.2 Å². The van der Waals surface area contributed by atoms with Gasteiger partial charge in [0, 0.05) is 49.6 Å². The number of ether oxygens (including phenoxy) is 1. The average Bonchev–Trinajstić information content (AvgIpc) is 3.37. The second-order valence-electron chi connectivity index (χ2n) is 11.2. The molecule has 0 atom stereocenters. The molecule has 1 aliphatic carbocycles. The highest BCUT2D eigenvalue weighted by atomic mass is 32.2. The lowest BCUT2D eigenvalue weighted by atomic mass is 9.81. The van der Waals surface area contributed by atoms with Crippen molar-refractivity contribution in [3.8, 4) is 11.3 Å². The third kappa shape index (κ3) is 6.24. The molecule has 1 aliphatic rings. The summed E-state index contributed by atoms with van der Waals surface area (Å²) in [5.74, 6) is -4.26. The number of aromatic nitrogens is 3. The fraction of sp³-hybridized carbons (Fsp3) is 0.400.